The fourth-order valence-electron chi connectivity index (χ4n) is 0.689. The number of aryl methyl sites for hydroxylation is 1. The van der Waals surface area contributed by atoms with Gasteiger partial charge in [-0.05, 0) is 19.4 Å². The van der Waals surface area contributed by atoms with Gasteiger partial charge in [0.25, 0.3) is 0 Å². The lowest BCUT2D eigenvalue weighted by atomic mass is 10.2. The van der Waals surface area contributed by atoms with Crippen LogP contribution in [0.5, 0.6) is 0 Å². The minimum Gasteiger partial charge on any atom is -0.390 e. The van der Waals surface area contributed by atoms with Crippen molar-refractivity contribution in [1.29, 1.82) is 0 Å². The number of nitrogens with zero attached hydrogens (tertiary/aromatic N) is 1. The Kier molecular flexibility index (Phi) is 1.53. The summed E-state index contributed by atoms with van der Waals surface area (Å²) in [6.45, 7) is 3.89. The number of aromatic nitrogens is 2. The van der Waals surface area contributed by atoms with Gasteiger partial charge in [-0.25, -0.2) is 0 Å². The van der Waals surface area contributed by atoms with Gasteiger partial charge in [0.05, 0.1) is 12.3 Å². The summed E-state index contributed by atoms with van der Waals surface area (Å²) in [7, 11) is 0. The van der Waals surface area contributed by atoms with E-state index >= 15 is 0 Å². The minimum absolute atomic E-state index is 0.0240. The fourth-order valence-corrected chi connectivity index (χ4v) is 0.689. The third-order valence-electron chi connectivity index (χ3n) is 1.50. The molecule has 0 saturated heterocycles. The van der Waals surface area contributed by atoms with Crippen LogP contribution in [0.25, 0.3) is 0 Å². The summed E-state index contributed by atoms with van der Waals surface area (Å²) in [4.78, 5) is 0. The summed E-state index contributed by atoms with van der Waals surface area (Å²) in [6, 6.07) is 0. The van der Waals surface area contributed by atoms with Crippen molar-refractivity contribution in [2.24, 2.45) is 0 Å². The normalized spacial score (nSPS) is 10.1. The van der Waals surface area contributed by atoms with Gasteiger partial charge in [-0.3, -0.25) is 5.10 Å². The zero-order valence-electron chi connectivity index (χ0n) is 5.60. The third-order valence-corrected chi connectivity index (χ3v) is 1.50. The summed E-state index contributed by atoms with van der Waals surface area (Å²) in [5, 5.41) is 15.3. The summed E-state index contributed by atoms with van der Waals surface area (Å²) in [6.07, 6.45) is 0. The molecular formula is C6H10N2O. The van der Waals surface area contributed by atoms with Gasteiger partial charge in [0.15, 0.2) is 0 Å². The summed E-state index contributed by atoms with van der Waals surface area (Å²) in [5.74, 6) is 0. The zero-order chi connectivity index (χ0) is 6.85. The lowest BCUT2D eigenvalue weighted by Gasteiger charge is -1.88. The highest BCUT2D eigenvalue weighted by Gasteiger charge is 2.01. The number of hydrogen-bond donors (Lipinski definition) is 2. The minimum atomic E-state index is 0.0240. The van der Waals surface area contributed by atoms with Gasteiger partial charge in [-0.1, -0.05) is 0 Å². The van der Waals surface area contributed by atoms with E-state index in [1.165, 1.54) is 0 Å². The second kappa shape index (κ2) is 2.19. The van der Waals surface area contributed by atoms with E-state index in [4.69, 9.17) is 5.11 Å². The number of aliphatic hydroxyl groups is 1. The Morgan fingerprint density at radius 3 is 2.44 bits per heavy atom. The van der Waals surface area contributed by atoms with E-state index in [1.807, 2.05) is 13.8 Å². The average Bonchev–Trinajstić information content (AvgIpc) is 2.15. The number of aliphatic hydroxyl groups excluding tert-OH is 1. The molecule has 0 fully saturated rings. The second-order valence-corrected chi connectivity index (χ2v) is 2.08. The maximum Gasteiger partial charge on any atom is 0.0908 e. The van der Waals surface area contributed by atoms with Crippen molar-refractivity contribution in [3.63, 3.8) is 0 Å². The molecule has 0 aliphatic carbocycles. The Hall–Kier alpha value is -0.830. The Bertz CT molecular complexity index is 205. The van der Waals surface area contributed by atoms with Crippen LogP contribution in [0, 0.1) is 13.8 Å². The Morgan fingerprint density at radius 2 is 2.22 bits per heavy atom. The van der Waals surface area contributed by atoms with Gasteiger partial charge in [0, 0.05) is 5.69 Å². The van der Waals surface area contributed by atoms with Crippen molar-refractivity contribution in [3.8, 4) is 0 Å². The van der Waals surface area contributed by atoms with Crippen LogP contribution in [0.2, 0.25) is 0 Å². The van der Waals surface area contributed by atoms with Crippen molar-refractivity contribution >= 4 is 0 Å². The molecule has 0 radical (unpaired) electrons. The summed E-state index contributed by atoms with van der Waals surface area (Å²) >= 11 is 0. The maximum absolute atomic E-state index is 8.65. The predicted molar refractivity (Wildman–Crippen MR) is 34.0 cm³/mol. The molecule has 1 rings (SSSR count). The standard InChI is InChI=1S/C6H10N2O/c1-4-5(2)7-8-6(4)3-9/h9H,3H2,1-2H3,(H,7,8). The molecular weight excluding hydrogens is 116 g/mol. The maximum atomic E-state index is 8.65. The van der Waals surface area contributed by atoms with Gasteiger partial charge in [0.1, 0.15) is 0 Å². The van der Waals surface area contributed by atoms with Crippen LogP contribution in [0.4, 0.5) is 0 Å². The van der Waals surface area contributed by atoms with Crippen molar-refractivity contribution in [2.45, 2.75) is 20.5 Å². The molecule has 1 aromatic rings. The molecule has 0 aliphatic heterocycles. The number of hydrogen-bond acceptors (Lipinski definition) is 2. The summed E-state index contributed by atoms with van der Waals surface area (Å²) < 4.78 is 0. The smallest absolute Gasteiger partial charge is 0.0908 e. The van der Waals surface area contributed by atoms with E-state index < -0.39 is 0 Å². The second-order valence-electron chi connectivity index (χ2n) is 2.08. The van der Waals surface area contributed by atoms with Crippen LogP contribution in [0.1, 0.15) is 17.0 Å². The van der Waals surface area contributed by atoms with E-state index in [-0.39, 0.29) is 6.61 Å². The molecule has 1 heterocycles. The number of nitrogens with one attached hydrogen (secondary N) is 1. The van der Waals surface area contributed by atoms with Crippen molar-refractivity contribution < 1.29 is 5.11 Å². The number of aromatic amines is 1. The van der Waals surface area contributed by atoms with Gasteiger partial charge in [0.2, 0.25) is 0 Å². The molecule has 0 bridgehead atoms. The lowest BCUT2D eigenvalue weighted by molar-refractivity contribution is 0.276. The van der Waals surface area contributed by atoms with Crippen LogP contribution >= 0.6 is 0 Å². The van der Waals surface area contributed by atoms with Crippen LogP contribution in [0.3, 0.4) is 0 Å². The van der Waals surface area contributed by atoms with E-state index in [0.29, 0.717) is 0 Å². The molecule has 0 aliphatic rings. The molecule has 3 nitrogen and oxygen atoms in total. The fraction of sp³-hybridized carbons (Fsp3) is 0.500. The molecule has 0 unspecified atom stereocenters. The van der Waals surface area contributed by atoms with Gasteiger partial charge in [-0.15, -0.1) is 0 Å². The molecule has 0 atom stereocenters. The van der Waals surface area contributed by atoms with Crippen LogP contribution in [0.15, 0.2) is 0 Å². The first kappa shape index (κ1) is 6.29. The van der Waals surface area contributed by atoms with Crippen molar-refractivity contribution in [2.75, 3.05) is 0 Å². The molecule has 0 saturated carbocycles. The van der Waals surface area contributed by atoms with Crippen molar-refractivity contribution in [3.05, 3.63) is 17.0 Å². The highest BCUT2D eigenvalue weighted by atomic mass is 16.3. The van der Waals surface area contributed by atoms with E-state index in [1.54, 1.807) is 0 Å². The first-order chi connectivity index (χ1) is 4.25. The van der Waals surface area contributed by atoms with E-state index in [9.17, 15) is 0 Å². The van der Waals surface area contributed by atoms with Crippen LogP contribution < -0.4 is 0 Å². The Morgan fingerprint density at radius 1 is 1.56 bits per heavy atom. The van der Waals surface area contributed by atoms with Crippen LogP contribution in [-0.2, 0) is 6.61 Å². The molecule has 0 amide bonds. The van der Waals surface area contributed by atoms with Gasteiger partial charge >= 0.3 is 0 Å². The lowest BCUT2D eigenvalue weighted by Crippen LogP contribution is -1.84. The molecule has 9 heavy (non-hydrogen) atoms. The molecule has 50 valence electrons. The highest BCUT2D eigenvalue weighted by molar-refractivity contribution is 5.21. The molecule has 0 spiro atoms. The quantitative estimate of drug-likeness (QED) is 0.576. The third kappa shape index (κ3) is 0.954. The van der Waals surface area contributed by atoms with Crippen LogP contribution in [-0.4, -0.2) is 15.3 Å². The number of H-pyrrole nitrogens is 1. The highest BCUT2D eigenvalue weighted by Crippen LogP contribution is 2.06. The van der Waals surface area contributed by atoms with Crippen molar-refractivity contribution in [1.82, 2.24) is 10.2 Å². The topological polar surface area (TPSA) is 48.9 Å². The summed E-state index contributed by atoms with van der Waals surface area (Å²) in [5.41, 5.74) is 2.82. The molecule has 2 N–H and O–H groups in total. The van der Waals surface area contributed by atoms with Gasteiger partial charge in [-0.2, -0.15) is 5.10 Å². The number of rotatable bonds is 1. The van der Waals surface area contributed by atoms with E-state index in [0.717, 1.165) is 17.0 Å². The first-order valence-electron chi connectivity index (χ1n) is 2.87. The zero-order valence-corrected chi connectivity index (χ0v) is 5.60. The monoisotopic (exact) mass is 126 g/mol. The predicted octanol–water partition coefficient (Wildman–Crippen LogP) is 0.519. The van der Waals surface area contributed by atoms with Gasteiger partial charge < -0.3 is 5.11 Å². The Balaban J connectivity index is 3.04. The molecule has 0 aromatic carbocycles. The largest absolute Gasteiger partial charge is 0.390 e. The molecule has 1 aromatic heterocycles. The van der Waals surface area contributed by atoms with E-state index in [2.05, 4.69) is 10.2 Å². The first-order valence-corrected chi connectivity index (χ1v) is 2.87. The SMILES string of the molecule is Cc1[nH]nc(CO)c1C. The molecule has 3 heteroatoms. The average molecular weight is 126 g/mol. The Labute approximate surface area is 53.7 Å².